The first-order valence-electron chi connectivity index (χ1n) is 7.75. The van der Waals surface area contributed by atoms with Crippen molar-refractivity contribution in [3.8, 4) is 5.75 Å². The van der Waals surface area contributed by atoms with E-state index in [4.69, 9.17) is 23.2 Å². The highest BCUT2D eigenvalue weighted by Crippen LogP contribution is 2.23. The largest absolute Gasteiger partial charge is 0.434 e. The molecule has 0 radical (unpaired) electrons. The summed E-state index contributed by atoms with van der Waals surface area (Å²) in [4.78, 5) is 12.3. The van der Waals surface area contributed by atoms with Gasteiger partial charge in [-0.05, 0) is 29.8 Å². The molecule has 0 aliphatic carbocycles. The van der Waals surface area contributed by atoms with Gasteiger partial charge in [-0.3, -0.25) is 9.48 Å². The summed E-state index contributed by atoms with van der Waals surface area (Å²) >= 11 is 11.9. The average Bonchev–Trinajstić information content (AvgIpc) is 3.05. The Kier molecular flexibility index (Phi) is 5.93. The van der Waals surface area contributed by atoms with Gasteiger partial charge in [0, 0.05) is 12.3 Å². The van der Waals surface area contributed by atoms with E-state index in [1.807, 2.05) is 6.07 Å². The van der Waals surface area contributed by atoms with Crippen molar-refractivity contribution in [1.82, 2.24) is 9.78 Å². The van der Waals surface area contributed by atoms with Crippen LogP contribution < -0.4 is 10.1 Å². The highest BCUT2D eigenvalue weighted by atomic mass is 35.5. The summed E-state index contributed by atoms with van der Waals surface area (Å²) in [5, 5.41) is 7.68. The number of carbonyl (C=O) groups excluding carboxylic acids is 1. The summed E-state index contributed by atoms with van der Waals surface area (Å²) in [5.74, 6) is -0.543. The van der Waals surface area contributed by atoms with Crippen molar-refractivity contribution in [3.63, 3.8) is 0 Å². The number of hydrogen-bond donors (Lipinski definition) is 1. The molecule has 140 valence electrons. The summed E-state index contributed by atoms with van der Waals surface area (Å²) in [5.41, 5.74) is 0.859. The zero-order chi connectivity index (χ0) is 19.4. The molecule has 3 rings (SSSR count). The third-order valence-electron chi connectivity index (χ3n) is 3.56. The van der Waals surface area contributed by atoms with Gasteiger partial charge in [0.25, 0.3) is 5.91 Å². The van der Waals surface area contributed by atoms with E-state index in [0.717, 1.165) is 5.56 Å². The molecule has 0 bridgehead atoms. The Labute approximate surface area is 163 Å². The third-order valence-corrected chi connectivity index (χ3v) is 4.30. The zero-order valence-corrected chi connectivity index (χ0v) is 15.2. The first-order chi connectivity index (χ1) is 12.9. The molecule has 0 aliphatic rings. The van der Waals surface area contributed by atoms with Crippen LogP contribution >= 0.6 is 23.2 Å². The van der Waals surface area contributed by atoms with Crippen molar-refractivity contribution in [2.45, 2.75) is 13.2 Å². The maximum atomic E-state index is 12.5. The maximum absolute atomic E-state index is 12.5. The van der Waals surface area contributed by atoms with Crippen LogP contribution in [0.5, 0.6) is 5.75 Å². The Morgan fingerprint density at radius 1 is 1.15 bits per heavy atom. The predicted octanol–water partition coefficient (Wildman–Crippen LogP) is 5.09. The molecule has 0 fully saturated rings. The molecule has 9 heteroatoms. The van der Waals surface area contributed by atoms with Crippen LogP contribution in [0.15, 0.2) is 54.7 Å². The van der Waals surface area contributed by atoms with E-state index in [1.54, 1.807) is 35.1 Å². The summed E-state index contributed by atoms with van der Waals surface area (Å²) in [7, 11) is 0. The van der Waals surface area contributed by atoms with E-state index in [0.29, 0.717) is 16.6 Å². The molecule has 2 aromatic carbocycles. The lowest BCUT2D eigenvalue weighted by atomic mass is 10.2. The number of para-hydroxylation sites is 1. The minimum absolute atomic E-state index is 0.0168. The number of anilines is 1. The van der Waals surface area contributed by atoms with Crippen molar-refractivity contribution in [3.05, 3.63) is 75.9 Å². The van der Waals surface area contributed by atoms with Gasteiger partial charge in [0.1, 0.15) is 5.75 Å². The lowest BCUT2D eigenvalue weighted by Gasteiger charge is -2.09. The lowest BCUT2D eigenvalue weighted by molar-refractivity contribution is -0.0501. The fraction of sp³-hybridized carbons (Fsp3) is 0.111. The molecule has 0 aliphatic heterocycles. The second kappa shape index (κ2) is 8.37. The number of nitrogens with zero attached hydrogens (tertiary/aromatic N) is 2. The fourth-order valence-electron chi connectivity index (χ4n) is 2.38. The van der Waals surface area contributed by atoms with E-state index in [9.17, 15) is 13.6 Å². The number of nitrogens with one attached hydrogen (secondary N) is 1. The summed E-state index contributed by atoms with van der Waals surface area (Å²) in [6, 6.07) is 12.5. The number of hydrogen-bond acceptors (Lipinski definition) is 3. The molecule has 3 aromatic rings. The van der Waals surface area contributed by atoms with Gasteiger partial charge in [-0.1, -0.05) is 41.4 Å². The van der Waals surface area contributed by atoms with Gasteiger partial charge in [-0.2, -0.15) is 13.9 Å². The molecule has 1 heterocycles. The Balaban J connectivity index is 1.70. The van der Waals surface area contributed by atoms with E-state index >= 15 is 0 Å². The van der Waals surface area contributed by atoms with Crippen LogP contribution in [0.4, 0.5) is 14.6 Å². The van der Waals surface area contributed by atoms with E-state index < -0.39 is 12.5 Å². The van der Waals surface area contributed by atoms with Crippen molar-refractivity contribution < 1.29 is 18.3 Å². The number of ether oxygens (including phenoxy) is 1. The van der Waals surface area contributed by atoms with Crippen LogP contribution in [0.1, 0.15) is 15.9 Å². The van der Waals surface area contributed by atoms with Gasteiger partial charge < -0.3 is 10.1 Å². The number of benzene rings is 2. The highest BCUT2D eigenvalue weighted by Gasteiger charge is 2.16. The molecule has 0 saturated heterocycles. The van der Waals surface area contributed by atoms with Crippen molar-refractivity contribution in [2.75, 3.05) is 5.32 Å². The molecule has 0 saturated carbocycles. The quantitative estimate of drug-likeness (QED) is 0.614. The van der Waals surface area contributed by atoms with E-state index in [-0.39, 0.29) is 17.1 Å². The molecule has 0 spiro atoms. The average molecular weight is 412 g/mol. The van der Waals surface area contributed by atoms with E-state index in [2.05, 4.69) is 15.2 Å². The molecule has 1 aromatic heterocycles. The summed E-state index contributed by atoms with van der Waals surface area (Å²) in [6.45, 7) is -2.61. The van der Waals surface area contributed by atoms with Gasteiger partial charge in [0.2, 0.25) is 0 Å². The molecule has 0 atom stereocenters. The van der Waals surface area contributed by atoms with Gasteiger partial charge in [0.05, 0.1) is 22.2 Å². The minimum Gasteiger partial charge on any atom is -0.434 e. The molecule has 27 heavy (non-hydrogen) atoms. The van der Waals surface area contributed by atoms with Crippen LogP contribution in [0, 0.1) is 0 Å². The number of carbonyl (C=O) groups is 1. The Hall–Kier alpha value is -2.64. The predicted molar refractivity (Wildman–Crippen MR) is 98.8 cm³/mol. The normalized spacial score (nSPS) is 10.9. The second-order valence-corrected chi connectivity index (χ2v) is 6.29. The topological polar surface area (TPSA) is 56.2 Å². The van der Waals surface area contributed by atoms with Gasteiger partial charge in [-0.25, -0.2) is 0 Å². The number of rotatable bonds is 6. The number of aromatic nitrogens is 2. The van der Waals surface area contributed by atoms with Gasteiger partial charge in [-0.15, -0.1) is 0 Å². The monoisotopic (exact) mass is 411 g/mol. The number of amides is 1. The lowest BCUT2D eigenvalue weighted by Crippen LogP contribution is -2.15. The fourth-order valence-corrected chi connectivity index (χ4v) is 2.70. The Morgan fingerprint density at radius 2 is 1.93 bits per heavy atom. The maximum Gasteiger partial charge on any atom is 0.387 e. The van der Waals surface area contributed by atoms with Gasteiger partial charge in [0.15, 0.2) is 5.82 Å². The molecule has 1 amide bonds. The van der Waals surface area contributed by atoms with Crippen molar-refractivity contribution in [1.29, 1.82) is 0 Å². The molecular formula is C18H13Cl2F2N3O2. The van der Waals surface area contributed by atoms with Crippen LogP contribution in [0.25, 0.3) is 0 Å². The van der Waals surface area contributed by atoms with Crippen LogP contribution in [0.3, 0.4) is 0 Å². The van der Waals surface area contributed by atoms with Gasteiger partial charge >= 0.3 is 6.61 Å². The first kappa shape index (κ1) is 19.1. The molecule has 5 nitrogen and oxygen atoms in total. The second-order valence-electron chi connectivity index (χ2n) is 5.48. The highest BCUT2D eigenvalue weighted by molar-refractivity contribution is 6.42. The molecular weight excluding hydrogens is 399 g/mol. The van der Waals surface area contributed by atoms with E-state index in [1.165, 1.54) is 18.2 Å². The molecule has 1 N–H and O–H groups in total. The van der Waals surface area contributed by atoms with Crippen LogP contribution in [-0.2, 0) is 6.54 Å². The zero-order valence-electron chi connectivity index (χ0n) is 13.7. The van der Waals surface area contributed by atoms with Crippen molar-refractivity contribution in [2.24, 2.45) is 0 Å². The standard InChI is InChI=1S/C18H13Cl2F2N3O2/c19-13-6-5-11(9-14(13)20)10-25-8-7-16(24-25)23-17(26)12-3-1-2-4-15(12)27-18(21)22/h1-9,18H,10H2,(H,23,24,26). The Bertz CT molecular complexity index is 963. The van der Waals surface area contributed by atoms with Crippen molar-refractivity contribution >= 4 is 34.9 Å². The Morgan fingerprint density at radius 3 is 2.67 bits per heavy atom. The van der Waals surface area contributed by atoms with Crippen LogP contribution in [-0.4, -0.2) is 22.3 Å². The van der Waals surface area contributed by atoms with Crippen LogP contribution in [0.2, 0.25) is 10.0 Å². The molecule has 0 unspecified atom stereocenters. The SMILES string of the molecule is O=C(Nc1ccn(Cc2ccc(Cl)c(Cl)c2)n1)c1ccccc1OC(F)F. The summed E-state index contributed by atoms with van der Waals surface area (Å²) < 4.78 is 30.9. The number of alkyl halides is 2. The minimum atomic E-state index is -3.02. The first-order valence-corrected chi connectivity index (χ1v) is 8.50. The number of halogens is 4. The smallest absolute Gasteiger partial charge is 0.387 e. The third kappa shape index (κ3) is 4.96. The summed E-state index contributed by atoms with van der Waals surface area (Å²) in [6.07, 6.45) is 1.67.